The highest BCUT2D eigenvalue weighted by Crippen LogP contribution is 2.26. The van der Waals surface area contributed by atoms with Gasteiger partial charge in [-0.15, -0.1) is 0 Å². The van der Waals surface area contributed by atoms with Gasteiger partial charge in [-0.25, -0.2) is 0 Å². The van der Waals surface area contributed by atoms with Crippen molar-refractivity contribution in [2.24, 2.45) is 5.41 Å². The van der Waals surface area contributed by atoms with Crippen LogP contribution in [-0.4, -0.2) is 48.3 Å². The monoisotopic (exact) mass is 243 g/mol. The number of hydrogen-bond acceptors (Lipinski definition) is 3. The summed E-state index contributed by atoms with van der Waals surface area (Å²) in [5.41, 5.74) is -1.12. The molecule has 0 saturated carbocycles. The van der Waals surface area contributed by atoms with Crippen molar-refractivity contribution in [1.82, 2.24) is 4.90 Å². The van der Waals surface area contributed by atoms with Gasteiger partial charge < -0.3 is 14.7 Å². The fraction of sp³-hybridized carbons (Fsp3) is 0.923. The minimum absolute atomic E-state index is 0.0971. The Morgan fingerprint density at radius 2 is 1.94 bits per heavy atom. The minimum atomic E-state index is -0.771. The second kappa shape index (κ2) is 5.36. The zero-order valence-corrected chi connectivity index (χ0v) is 11.5. The molecular weight excluding hydrogens is 218 g/mol. The molecule has 1 aliphatic rings. The minimum Gasteiger partial charge on any atom is -0.388 e. The van der Waals surface area contributed by atoms with Crippen molar-refractivity contribution in [3.8, 4) is 0 Å². The summed E-state index contributed by atoms with van der Waals surface area (Å²) in [5.74, 6) is 0.0971. The first-order chi connectivity index (χ1) is 7.81. The van der Waals surface area contributed by atoms with Crippen LogP contribution in [0.5, 0.6) is 0 Å². The Hall–Kier alpha value is -0.610. The molecule has 1 N–H and O–H groups in total. The van der Waals surface area contributed by atoms with Crippen molar-refractivity contribution in [2.45, 2.75) is 45.6 Å². The zero-order chi connectivity index (χ0) is 13.1. The van der Waals surface area contributed by atoms with Crippen molar-refractivity contribution in [1.29, 1.82) is 0 Å². The highest BCUT2D eigenvalue weighted by Gasteiger charge is 2.35. The lowest BCUT2D eigenvalue weighted by molar-refractivity contribution is -0.145. The van der Waals surface area contributed by atoms with Crippen LogP contribution in [0.4, 0.5) is 0 Å². The van der Waals surface area contributed by atoms with Gasteiger partial charge >= 0.3 is 0 Å². The molecule has 17 heavy (non-hydrogen) atoms. The van der Waals surface area contributed by atoms with Crippen LogP contribution in [0, 0.1) is 5.41 Å². The second-order valence-electron chi connectivity index (χ2n) is 5.74. The highest BCUT2D eigenvalue weighted by molar-refractivity contribution is 5.81. The molecule has 0 aromatic heterocycles. The molecule has 1 fully saturated rings. The Labute approximate surface area is 104 Å². The van der Waals surface area contributed by atoms with E-state index in [1.165, 1.54) is 0 Å². The van der Waals surface area contributed by atoms with Crippen molar-refractivity contribution in [3.05, 3.63) is 0 Å². The van der Waals surface area contributed by atoms with Gasteiger partial charge in [-0.1, -0.05) is 20.8 Å². The summed E-state index contributed by atoms with van der Waals surface area (Å²) in [5, 5.41) is 10.4. The fourth-order valence-corrected chi connectivity index (χ4v) is 2.09. The van der Waals surface area contributed by atoms with Crippen molar-refractivity contribution in [2.75, 3.05) is 26.8 Å². The van der Waals surface area contributed by atoms with Crippen LogP contribution >= 0.6 is 0 Å². The first kappa shape index (κ1) is 14.5. The number of carbonyl (C=O) groups is 1. The van der Waals surface area contributed by atoms with Crippen molar-refractivity contribution in [3.63, 3.8) is 0 Å². The smallest absolute Gasteiger partial charge is 0.228 e. The average molecular weight is 243 g/mol. The summed E-state index contributed by atoms with van der Waals surface area (Å²) in [6.45, 7) is 7.46. The molecule has 100 valence electrons. The summed E-state index contributed by atoms with van der Waals surface area (Å²) in [4.78, 5) is 13.9. The SMILES string of the molecule is CCC(C)(C)C(=O)N(C)CC1(O)CCOCC1. The number of aliphatic hydroxyl groups is 1. The van der Waals surface area contributed by atoms with Crippen LogP contribution in [0.1, 0.15) is 40.0 Å². The molecule has 4 nitrogen and oxygen atoms in total. The number of ether oxygens (including phenoxy) is 1. The van der Waals surface area contributed by atoms with Gasteiger partial charge in [0.2, 0.25) is 5.91 Å². The normalized spacial score (nSPS) is 20.1. The Kier molecular flexibility index (Phi) is 4.55. The maximum atomic E-state index is 12.2. The van der Waals surface area contributed by atoms with E-state index in [0.29, 0.717) is 32.6 Å². The number of hydrogen-bond donors (Lipinski definition) is 1. The predicted molar refractivity (Wildman–Crippen MR) is 66.7 cm³/mol. The van der Waals surface area contributed by atoms with E-state index in [4.69, 9.17) is 4.74 Å². The molecule has 0 aliphatic carbocycles. The molecule has 1 amide bonds. The van der Waals surface area contributed by atoms with Crippen molar-refractivity contribution >= 4 is 5.91 Å². The Bertz CT molecular complexity index is 270. The van der Waals surface area contributed by atoms with Gasteiger partial charge in [0.1, 0.15) is 0 Å². The second-order valence-corrected chi connectivity index (χ2v) is 5.74. The molecule has 1 rings (SSSR count). The molecule has 1 aliphatic heterocycles. The average Bonchev–Trinajstić information content (AvgIpc) is 2.28. The quantitative estimate of drug-likeness (QED) is 0.812. The van der Waals surface area contributed by atoms with E-state index in [-0.39, 0.29) is 11.3 Å². The molecule has 0 bridgehead atoms. The van der Waals surface area contributed by atoms with Gasteiger partial charge in [0.15, 0.2) is 0 Å². The number of rotatable bonds is 4. The molecule has 1 heterocycles. The van der Waals surface area contributed by atoms with E-state index in [0.717, 1.165) is 6.42 Å². The van der Waals surface area contributed by atoms with E-state index in [1.807, 2.05) is 20.8 Å². The van der Waals surface area contributed by atoms with Gasteiger partial charge in [0.25, 0.3) is 0 Å². The van der Waals surface area contributed by atoms with E-state index in [9.17, 15) is 9.90 Å². The Morgan fingerprint density at radius 3 is 2.41 bits per heavy atom. The number of carbonyl (C=O) groups excluding carboxylic acids is 1. The van der Waals surface area contributed by atoms with E-state index >= 15 is 0 Å². The van der Waals surface area contributed by atoms with E-state index < -0.39 is 5.60 Å². The Balaban J connectivity index is 2.59. The summed E-state index contributed by atoms with van der Waals surface area (Å²) >= 11 is 0. The third-order valence-electron chi connectivity index (χ3n) is 3.76. The number of likely N-dealkylation sites (N-methyl/N-ethyl adjacent to an activating group) is 1. The van der Waals surface area contributed by atoms with E-state index in [2.05, 4.69) is 0 Å². The Morgan fingerprint density at radius 1 is 1.41 bits per heavy atom. The first-order valence-electron chi connectivity index (χ1n) is 6.36. The van der Waals surface area contributed by atoms with Gasteiger partial charge in [-0.3, -0.25) is 4.79 Å². The molecule has 1 saturated heterocycles. The third kappa shape index (κ3) is 3.68. The van der Waals surface area contributed by atoms with Crippen LogP contribution in [0.3, 0.4) is 0 Å². The van der Waals surface area contributed by atoms with E-state index in [1.54, 1.807) is 11.9 Å². The fourth-order valence-electron chi connectivity index (χ4n) is 2.09. The zero-order valence-electron chi connectivity index (χ0n) is 11.5. The number of nitrogens with zero attached hydrogens (tertiary/aromatic N) is 1. The molecule has 0 atom stereocenters. The first-order valence-corrected chi connectivity index (χ1v) is 6.36. The molecule has 0 aromatic rings. The molecule has 0 spiro atoms. The van der Waals surface area contributed by atoms with Crippen LogP contribution in [-0.2, 0) is 9.53 Å². The lowest BCUT2D eigenvalue weighted by Gasteiger charge is -2.37. The lowest BCUT2D eigenvalue weighted by atomic mass is 9.87. The van der Waals surface area contributed by atoms with Gasteiger partial charge in [0.05, 0.1) is 5.60 Å². The van der Waals surface area contributed by atoms with Gasteiger partial charge in [0, 0.05) is 45.1 Å². The summed E-state index contributed by atoms with van der Waals surface area (Å²) < 4.78 is 5.23. The van der Waals surface area contributed by atoms with Gasteiger partial charge in [-0.2, -0.15) is 0 Å². The maximum absolute atomic E-state index is 12.2. The predicted octanol–water partition coefficient (Wildman–Crippen LogP) is 1.42. The lowest BCUT2D eigenvalue weighted by Crippen LogP contribution is -2.50. The summed E-state index contributed by atoms with van der Waals surface area (Å²) in [6.07, 6.45) is 2.02. The molecule has 4 heteroatoms. The summed E-state index contributed by atoms with van der Waals surface area (Å²) in [6, 6.07) is 0. The third-order valence-corrected chi connectivity index (χ3v) is 3.76. The van der Waals surface area contributed by atoms with Gasteiger partial charge in [-0.05, 0) is 6.42 Å². The largest absolute Gasteiger partial charge is 0.388 e. The highest BCUT2D eigenvalue weighted by atomic mass is 16.5. The molecular formula is C13H25NO3. The topological polar surface area (TPSA) is 49.8 Å². The molecule has 0 aromatic carbocycles. The van der Waals surface area contributed by atoms with Crippen molar-refractivity contribution < 1.29 is 14.6 Å². The van der Waals surface area contributed by atoms with Crippen LogP contribution in [0.25, 0.3) is 0 Å². The van der Waals surface area contributed by atoms with Crippen LogP contribution in [0.2, 0.25) is 0 Å². The maximum Gasteiger partial charge on any atom is 0.228 e. The molecule has 0 unspecified atom stereocenters. The standard InChI is InChI=1S/C13H25NO3/c1-5-12(2,3)11(15)14(4)10-13(16)6-8-17-9-7-13/h16H,5-10H2,1-4H3. The van der Waals surface area contributed by atoms with Crippen LogP contribution < -0.4 is 0 Å². The summed E-state index contributed by atoms with van der Waals surface area (Å²) in [7, 11) is 1.77. The molecule has 0 radical (unpaired) electrons. The van der Waals surface area contributed by atoms with Crippen LogP contribution in [0.15, 0.2) is 0 Å². The number of amides is 1.